The van der Waals surface area contributed by atoms with Gasteiger partial charge in [0.25, 0.3) is 0 Å². The molecule has 7 heteroatoms. The van der Waals surface area contributed by atoms with E-state index in [1.807, 2.05) is 6.92 Å². The summed E-state index contributed by atoms with van der Waals surface area (Å²) >= 11 is 0. The maximum atomic E-state index is 14.0. The van der Waals surface area contributed by atoms with Crippen LogP contribution in [0.1, 0.15) is 46.6 Å². The summed E-state index contributed by atoms with van der Waals surface area (Å²) in [6.45, 7) is 8.80. The molecule has 0 saturated carbocycles. The van der Waals surface area contributed by atoms with Crippen LogP contribution in [0.3, 0.4) is 0 Å². The lowest BCUT2D eigenvalue weighted by atomic mass is 9.97. The van der Waals surface area contributed by atoms with E-state index in [1.165, 1.54) is 12.1 Å². The average Bonchev–Trinajstić information content (AvgIpc) is 2.47. The van der Waals surface area contributed by atoms with Crippen molar-refractivity contribution in [1.29, 1.82) is 0 Å². The van der Waals surface area contributed by atoms with E-state index in [-0.39, 0.29) is 11.9 Å². The largest absolute Gasteiger partial charge is 0.444 e. The van der Waals surface area contributed by atoms with Crippen molar-refractivity contribution in [2.45, 2.75) is 65.1 Å². The normalized spacial score (nSPS) is 17.8. The van der Waals surface area contributed by atoms with Crippen molar-refractivity contribution in [3.8, 4) is 0 Å². The van der Waals surface area contributed by atoms with Gasteiger partial charge in [-0.15, -0.1) is 0 Å². The van der Waals surface area contributed by atoms with E-state index in [0.717, 1.165) is 6.42 Å². The van der Waals surface area contributed by atoms with Gasteiger partial charge in [0.05, 0.1) is 11.4 Å². The molecule has 1 aromatic carbocycles. The van der Waals surface area contributed by atoms with Crippen molar-refractivity contribution in [2.24, 2.45) is 0 Å². The van der Waals surface area contributed by atoms with Crippen LogP contribution in [0.25, 0.3) is 0 Å². The number of fused-ring (bicyclic) bond motifs is 1. The second-order valence-electron chi connectivity index (χ2n) is 7.39. The van der Waals surface area contributed by atoms with Crippen molar-refractivity contribution >= 4 is 23.4 Å². The minimum absolute atomic E-state index is 0.197. The first-order chi connectivity index (χ1) is 11.6. The standard InChI is InChI=1S/C18H26FN3O3/c1-10-6-7-12-13(19)8-9-14(15(12)20-10)22-16(23)11(2)21-17(24)25-18(3,4)5/h8-11,20H,6-7H2,1-5H3,(H,21,24)(H,22,23). The van der Waals surface area contributed by atoms with Crippen LogP contribution in [0.4, 0.5) is 20.6 Å². The topological polar surface area (TPSA) is 79.5 Å². The molecule has 0 aromatic heterocycles. The van der Waals surface area contributed by atoms with Gasteiger partial charge in [-0.3, -0.25) is 4.79 Å². The summed E-state index contributed by atoms with van der Waals surface area (Å²) in [6.07, 6.45) is 0.783. The number of halogens is 1. The Hall–Kier alpha value is -2.31. The second-order valence-corrected chi connectivity index (χ2v) is 7.39. The average molecular weight is 351 g/mol. The molecule has 138 valence electrons. The molecule has 6 nitrogen and oxygen atoms in total. The van der Waals surface area contributed by atoms with Crippen molar-refractivity contribution in [3.05, 3.63) is 23.5 Å². The van der Waals surface area contributed by atoms with Crippen molar-refractivity contribution < 1.29 is 18.7 Å². The highest BCUT2D eigenvalue weighted by Gasteiger charge is 2.24. The molecule has 1 heterocycles. The number of nitrogens with one attached hydrogen (secondary N) is 3. The van der Waals surface area contributed by atoms with E-state index in [2.05, 4.69) is 16.0 Å². The quantitative estimate of drug-likeness (QED) is 0.779. The Kier molecular flexibility index (Phi) is 5.55. The fourth-order valence-corrected chi connectivity index (χ4v) is 2.61. The van der Waals surface area contributed by atoms with Crippen LogP contribution in [-0.2, 0) is 16.0 Å². The predicted molar refractivity (Wildman–Crippen MR) is 95.3 cm³/mol. The molecule has 0 spiro atoms. The third-order valence-corrected chi connectivity index (χ3v) is 3.86. The molecular formula is C18H26FN3O3. The van der Waals surface area contributed by atoms with Crippen LogP contribution in [0.15, 0.2) is 12.1 Å². The van der Waals surface area contributed by atoms with E-state index in [9.17, 15) is 14.0 Å². The number of anilines is 2. The molecule has 1 aliphatic heterocycles. The van der Waals surface area contributed by atoms with Crippen molar-refractivity contribution in [3.63, 3.8) is 0 Å². The molecule has 0 saturated heterocycles. The molecule has 0 aliphatic carbocycles. The first-order valence-corrected chi connectivity index (χ1v) is 8.45. The van der Waals surface area contributed by atoms with E-state index in [1.54, 1.807) is 27.7 Å². The van der Waals surface area contributed by atoms with E-state index in [4.69, 9.17) is 4.74 Å². The monoisotopic (exact) mass is 351 g/mol. The van der Waals surface area contributed by atoms with Crippen LogP contribution in [-0.4, -0.2) is 29.7 Å². The van der Waals surface area contributed by atoms with Gasteiger partial charge in [0, 0.05) is 11.6 Å². The highest BCUT2D eigenvalue weighted by molar-refractivity contribution is 5.99. The van der Waals surface area contributed by atoms with Crippen LogP contribution >= 0.6 is 0 Å². The first kappa shape index (κ1) is 19.0. The second kappa shape index (κ2) is 7.29. The van der Waals surface area contributed by atoms with Gasteiger partial charge in [0.2, 0.25) is 5.91 Å². The number of carbonyl (C=O) groups excluding carboxylic acids is 2. The zero-order chi connectivity index (χ0) is 18.8. The molecule has 2 amide bonds. The van der Waals surface area contributed by atoms with Crippen LogP contribution in [0.5, 0.6) is 0 Å². The first-order valence-electron chi connectivity index (χ1n) is 8.45. The van der Waals surface area contributed by atoms with Gasteiger partial charge in [-0.05, 0) is 59.6 Å². The molecular weight excluding hydrogens is 325 g/mol. The van der Waals surface area contributed by atoms with Gasteiger partial charge < -0.3 is 20.7 Å². The molecule has 2 unspecified atom stereocenters. The SMILES string of the molecule is CC1CCc2c(F)ccc(NC(=O)C(C)NC(=O)OC(C)(C)C)c2N1. The Morgan fingerprint density at radius 1 is 1.36 bits per heavy atom. The number of alkyl carbamates (subject to hydrolysis) is 1. The summed E-state index contributed by atoms with van der Waals surface area (Å²) in [5.74, 6) is -0.688. The summed E-state index contributed by atoms with van der Waals surface area (Å²) in [5, 5.41) is 8.46. The van der Waals surface area contributed by atoms with Gasteiger partial charge in [0.1, 0.15) is 17.5 Å². The maximum absolute atomic E-state index is 14.0. The third kappa shape index (κ3) is 5.08. The Labute approximate surface area is 147 Å². The number of carbonyl (C=O) groups is 2. The van der Waals surface area contributed by atoms with Gasteiger partial charge in [0.15, 0.2) is 0 Å². The van der Waals surface area contributed by atoms with Gasteiger partial charge >= 0.3 is 6.09 Å². The summed E-state index contributed by atoms with van der Waals surface area (Å²) < 4.78 is 19.1. The number of rotatable bonds is 3. The Balaban J connectivity index is 2.07. The molecule has 0 fully saturated rings. The minimum atomic E-state index is -0.795. The van der Waals surface area contributed by atoms with Crippen LogP contribution in [0, 0.1) is 5.82 Å². The Morgan fingerprint density at radius 2 is 2.04 bits per heavy atom. The Morgan fingerprint density at radius 3 is 2.68 bits per heavy atom. The maximum Gasteiger partial charge on any atom is 0.408 e. The molecule has 2 rings (SSSR count). The van der Waals surface area contributed by atoms with Gasteiger partial charge in [-0.2, -0.15) is 0 Å². The molecule has 2 atom stereocenters. The molecule has 0 bridgehead atoms. The zero-order valence-corrected chi connectivity index (χ0v) is 15.3. The third-order valence-electron chi connectivity index (χ3n) is 3.86. The fraction of sp³-hybridized carbons (Fsp3) is 0.556. The number of benzene rings is 1. The van der Waals surface area contributed by atoms with E-state index >= 15 is 0 Å². The summed E-state index contributed by atoms with van der Waals surface area (Å²) in [6, 6.07) is 2.27. The van der Waals surface area contributed by atoms with Crippen molar-refractivity contribution in [1.82, 2.24) is 5.32 Å². The number of hydrogen-bond acceptors (Lipinski definition) is 4. The molecule has 1 aliphatic rings. The summed E-state index contributed by atoms with van der Waals surface area (Å²) in [4.78, 5) is 24.1. The fourth-order valence-electron chi connectivity index (χ4n) is 2.61. The zero-order valence-electron chi connectivity index (χ0n) is 15.3. The molecule has 3 N–H and O–H groups in total. The number of hydrogen-bond donors (Lipinski definition) is 3. The van der Waals surface area contributed by atoms with Crippen LogP contribution < -0.4 is 16.0 Å². The smallest absolute Gasteiger partial charge is 0.408 e. The minimum Gasteiger partial charge on any atom is -0.444 e. The molecule has 1 aromatic rings. The van der Waals surface area contributed by atoms with E-state index < -0.39 is 23.6 Å². The molecule has 0 radical (unpaired) electrons. The summed E-state index contributed by atoms with van der Waals surface area (Å²) in [5.41, 5.74) is 1.04. The highest BCUT2D eigenvalue weighted by Crippen LogP contribution is 2.34. The summed E-state index contributed by atoms with van der Waals surface area (Å²) in [7, 11) is 0. The predicted octanol–water partition coefficient (Wildman–Crippen LogP) is 3.42. The molecule has 25 heavy (non-hydrogen) atoms. The van der Waals surface area contributed by atoms with Crippen molar-refractivity contribution in [2.75, 3.05) is 10.6 Å². The van der Waals surface area contributed by atoms with Crippen LogP contribution in [0.2, 0.25) is 0 Å². The van der Waals surface area contributed by atoms with Gasteiger partial charge in [-0.1, -0.05) is 0 Å². The Bertz CT molecular complexity index is 670. The lowest BCUT2D eigenvalue weighted by Gasteiger charge is -2.27. The van der Waals surface area contributed by atoms with Gasteiger partial charge in [-0.25, -0.2) is 9.18 Å². The number of ether oxygens (including phenoxy) is 1. The highest BCUT2D eigenvalue weighted by atomic mass is 19.1. The van der Waals surface area contributed by atoms with E-state index in [0.29, 0.717) is 23.4 Å². The lowest BCUT2D eigenvalue weighted by Crippen LogP contribution is -2.44. The number of amides is 2. The lowest BCUT2D eigenvalue weighted by molar-refractivity contribution is -0.117.